The molecule has 0 aromatic heterocycles. The van der Waals surface area contributed by atoms with E-state index < -0.39 is 0 Å². The van der Waals surface area contributed by atoms with E-state index in [9.17, 15) is 9.59 Å². The Morgan fingerprint density at radius 2 is 1.72 bits per heavy atom. The summed E-state index contributed by atoms with van der Waals surface area (Å²) in [6.45, 7) is 7.62. The monoisotopic (exact) mass is 448 g/mol. The van der Waals surface area contributed by atoms with E-state index in [1.165, 1.54) is 0 Å². The fourth-order valence-electron chi connectivity index (χ4n) is 4.90. The summed E-state index contributed by atoms with van der Waals surface area (Å²) in [6, 6.07) is 3.46. The Kier molecular flexibility index (Phi) is 8.61. The topological polar surface area (TPSA) is 95.1 Å². The zero-order valence-corrected chi connectivity index (χ0v) is 19.6. The van der Waals surface area contributed by atoms with Crippen LogP contribution in [0, 0.1) is 11.8 Å². The summed E-state index contributed by atoms with van der Waals surface area (Å²) in [7, 11) is 1.68. The minimum Gasteiger partial charge on any atom is -0.490 e. The highest BCUT2D eigenvalue weighted by molar-refractivity contribution is 5.95. The lowest BCUT2D eigenvalue weighted by Crippen LogP contribution is -2.56. The molecule has 4 unspecified atom stereocenters. The third kappa shape index (κ3) is 5.65. The predicted molar refractivity (Wildman–Crippen MR) is 120 cm³/mol. The zero-order chi connectivity index (χ0) is 23.1. The molecule has 1 saturated carbocycles. The molecule has 2 N–H and O–H groups in total. The quantitative estimate of drug-likeness (QED) is 0.572. The van der Waals surface area contributed by atoms with Crippen LogP contribution in [0.2, 0.25) is 0 Å². The summed E-state index contributed by atoms with van der Waals surface area (Å²) in [5, 5.41) is 6.27. The van der Waals surface area contributed by atoms with Gasteiger partial charge in [0.05, 0.1) is 19.8 Å². The molecule has 2 amide bonds. The van der Waals surface area contributed by atoms with Crippen LogP contribution in [0.25, 0.3) is 0 Å². The smallest absolute Gasteiger partial charge is 0.251 e. The van der Waals surface area contributed by atoms with Gasteiger partial charge in [-0.2, -0.15) is 0 Å². The van der Waals surface area contributed by atoms with E-state index in [0.29, 0.717) is 61.6 Å². The van der Waals surface area contributed by atoms with Gasteiger partial charge >= 0.3 is 0 Å². The normalized spacial score (nSPS) is 24.8. The number of carbonyl (C=O) groups excluding carboxylic acids is 2. The van der Waals surface area contributed by atoms with Gasteiger partial charge in [-0.1, -0.05) is 0 Å². The fraction of sp³-hybridized carbons (Fsp3) is 0.667. The highest BCUT2D eigenvalue weighted by Gasteiger charge is 2.41. The lowest BCUT2D eigenvalue weighted by atomic mass is 9.71. The molecule has 4 atom stereocenters. The van der Waals surface area contributed by atoms with Crippen LogP contribution in [-0.2, 0) is 9.53 Å². The predicted octanol–water partition coefficient (Wildman–Crippen LogP) is 2.93. The van der Waals surface area contributed by atoms with Crippen LogP contribution in [-0.4, -0.2) is 57.4 Å². The van der Waals surface area contributed by atoms with Crippen LogP contribution in [0.5, 0.6) is 17.2 Å². The number of piperidine rings is 1. The molecule has 178 valence electrons. The van der Waals surface area contributed by atoms with Crippen molar-refractivity contribution in [2.24, 2.45) is 11.8 Å². The van der Waals surface area contributed by atoms with Gasteiger partial charge in [0.1, 0.15) is 0 Å². The van der Waals surface area contributed by atoms with E-state index >= 15 is 0 Å². The first-order valence-electron chi connectivity index (χ1n) is 11.7. The molecule has 0 radical (unpaired) electrons. The van der Waals surface area contributed by atoms with Crippen LogP contribution >= 0.6 is 0 Å². The van der Waals surface area contributed by atoms with Gasteiger partial charge in [0.15, 0.2) is 11.5 Å². The van der Waals surface area contributed by atoms with Gasteiger partial charge in [-0.15, -0.1) is 0 Å². The molecule has 1 heterocycles. The molecule has 32 heavy (non-hydrogen) atoms. The molecular formula is C24H36N2O6. The van der Waals surface area contributed by atoms with E-state index in [0.717, 1.165) is 19.3 Å². The maximum atomic E-state index is 13.1. The molecule has 3 rings (SSSR count). The molecule has 1 aliphatic carbocycles. The SMILES string of the molecule is CCOc1cc(C(=O)NC2CCC3C(COC)CC(=O)NC3C2)cc(OCC)c1OCC. The molecule has 1 aromatic rings. The average molecular weight is 449 g/mol. The number of hydrogen-bond donors (Lipinski definition) is 2. The number of hydrogen-bond acceptors (Lipinski definition) is 6. The Balaban J connectivity index is 1.73. The summed E-state index contributed by atoms with van der Waals surface area (Å²) in [5.41, 5.74) is 0.465. The molecule has 8 heteroatoms. The van der Waals surface area contributed by atoms with Crippen molar-refractivity contribution >= 4 is 11.8 Å². The van der Waals surface area contributed by atoms with Crippen LogP contribution in [0.4, 0.5) is 0 Å². The van der Waals surface area contributed by atoms with Crippen molar-refractivity contribution in [3.05, 3.63) is 17.7 Å². The average Bonchev–Trinajstić information content (AvgIpc) is 2.76. The third-order valence-corrected chi connectivity index (χ3v) is 6.19. The Bertz CT molecular complexity index is 772. The van der Waals surface area contributed by atoms with Crippen LogP contribution < -0.4 is 24.8 Å². The number of methoxy groups -OCH3 is 1. The van der Waals surface area contributed by atoms with Crippen molar-refractivity contribution in [1.29, 1.82) is 0 Å². The second kappa shape index (κ2) is 11.4. The Morgan fingerprint density at radius 3 is 2.31 bits per heavy atom. The van der Waals surface area contributed by atoms with Crippen LogP contribution in [0.15, 0.2) is 12.1 Å². The maximum absolute atomic E-state index is 13.1. The van der Waals surface area contributed by atoms with Crippen molar-refractivity contribution in [3.8, 4) is 17.2 Å². The molecule has 2 aliphatic rings. The molecule has 2 fully saturated rings. The summed E-state index contributed by atoms with van der Waals surface area (Å²) < 4.78 is 22.5. The number of benzene rings is 1. The van der Waals surface area contributed by atoms with E-state index in [4.69, 9.17) is 18.9 Å². The molecule has 8 nitrogen and oxygen atoms in total. The first kappa shape index (κ1) is 24.2. The number of nitrogens with one attached hydrogen (secondary N) is 2. The van der Waals surface area contributed by atoms with Crippen LogP contribution in [0.1, 0.15) is 56.8 Å². The zero-order valence-electron chi connectivity index (χ0n) is 19.6. The van der Waals surface area contributed by atoms with Gasteiger partial charge in [0.25, 0.3) is 5.91 Å². The van der Waals surface area contributed by atoms with Gasteiger partial charge in [0.2, 0.25) is 11.7 Å². The molecule has 1 aliphatic heterocycles. The van der Waals surface area contributed by atoms with Crippen molar-refractivity contribution in [2.45, 2.75) is 58.5 Å². The first-order valence-corrected chi connectivity index (χ1v) is 11.7. The number of ether oxygens (including phenoxy) is 4. The lowest BCUT2D eigenvalue weighted by Gasteiger charge is -2.43. The summed E-state index contributed by atoms with van der Waals surface area (Å²) in [6.07, 6.45) is 3.05. The first-order chi connectivity index (χ1) is 15.5. The van der Waals surface area contributed by atoms with E-state index in [-0.39, 0.29) is 29.8 Å². The number of rotatable bonds is 10. The lowest BCUT2D eigenvalue weighted by molar-refractivity contribution is -0.128. The van der Waals surface area contributed by atoms with Crippen molar-refractivity contribution < 1.29 is 28.5 Å². The number of carbonyl (C=O) groups is 2. The number of fused-ring (bicyclic) bond motifs is 1. The molecule has 1 aromatic carbocycles. The van der Waals surface area contributed by atoms with E-state index in [1.807, 2.05) is 20.8 Å². The molecule has 0 spiro atoms. The van der Waals surface area contributed by atoms with E-state index in [1.54, 1.807) is 19.2 Å². The minimum absolute atomic E-state index is 0.0111. The van der Waals surface area contributed by atoms with Crippen molar-refractivity contribution in [2.75, 3.05) is 33.5 Å². The van der Waals surface area contributed by atoms with Gasteiger partial charge < -0.3 is 29.6 Å². The third-order valence-electron chi connectivity index (χ3n) is 6.19. The van der Waals surface area contributed by atoms with E-state index in [2.05, 4.69) is 10.6 Å². The Labute approximate surface area is 190 Å². The van der Waals surface area contributed by atoms with Gasteiger partial charge in [-0.25, -0.2) is 0 Å². The maximum Gasteiger partial charge on any atom is 0.251 e. The standard InChI is InChI=1S/C24H36N2O6/c1-5-30-20-10-15(11-21(31-6-2)23(20)32-7-3)24(28)25-17-8-9-18-16(14-29-4)12-22(27)26-19(18)13-17/h10-11,16-19H,5-9,12-14H2,1-4H3,(H,25,28)(H,26,27). The van der Waals surface area contributed by atoms with Crippen molar-refractivity contribution in [3.63, 3.8) is 0 Å². The molecule has 1 saturated heterocycles. The second-order valence-electron chi connectivity index (χ2n) is 8.34. The summed E-state index contributed by atoms with van der Waals surface area (Å²) >= 11 is 0. The van der Waals surface area contributed by atoms with Gasteiger partial charge in [-0.3, -0.25) is 9.59 Å². The second-order valence-corrected chi connectivity index (χ2v) is 8.34. The molecular weight excluding hydrogens is 412 g/mol. The highest BCUT2D eigenvalue weighted by Crippen LogP contribution is 2.40. The Hall–Kier alpha value is -2.48. The summed E-state index contributed by atoms with van der Waals surface area (Å²) in [5.74, 6) is 2.02. The van der Waals surface area contributed by atoms with Crippen molar-refractivity contribution in [1.82, 2.24) is 10.6 Å². The van der Waals surface area contributed by atoms with Gasteiger partial charge in [0, 0.05) is 37.8 Å². The summed E-state index contributed by atoms with van der Waals surface area (Å²) in [4.78, 5) is 25.3. The number of amides is 2. The fourth-order valence-corrected chi connectivity index (χ4v) is 4.90. The Morgan fingerprint density at radius 1 is 1.06 bits per heavy atom. The van der Waals surface area contributed by atoms with Gasteiger partial charge in [-0.05, 0) is 64.0 Å². The minimum atomic E-state index is -0.186. The molecule has 0 bridgehead atoms. The van der Waals surface area contributed by atoms with Crippen LogP contribution in [0.3, 0.4) is 0 Å². The highest BCUT2D eigenvalue weighted by atomic mass is 16.5. The largest absolute Gasteiger partial charge is 0.490 e.